The fourth-order valence-electron chi connectivity index (χ4n) is 4.63. The smallest absolute Gasteiger partial charge is 0.311 e. The molecule has 2 aromatic carbocycles. The summed E-state index contributed by atoms with van der Waals surface area (Å²) in [5.74, 6) is 0.0819. The third-order valence-corrected chi connectivity index (χ3v) is 7.07. The lowest BCUT2D eigenvalue weighted by atomic mass is 9.77. The molecule has 3 nitrogen and oxygen atoms in total. The molecule has 27 heavy (non-hydrogen) atoms. The van der Waals surface area contributed by atoms with E-state index in [4.69, 9.17) is 4.74 Å². The van der Waals surface area contributed by atoms with Gasteiger partial charge < -0.3 is 10.1 Å². The van der Waals surface area contributed by atoms with Gasteiger partial charge in [0.15, 0.2) is 0 Å². The van der Waals surface area contributed by atoms with E-state index in [9.17, 15) is 4.79 Å². The van der Waals surface area contributed by atoms with Crippen LogP contribution in [0.1, 0.15) is 48.8 Å². The van der Waals surface area contributed by atoms with E-state index in [-0.39, 0.29) is 23.8 Å². The molecule has 4 atom stereocenters. The number of ether oxygens (including phenoxy) is 1. The van der Waals surface area contributed by atoms with Crippen molar-refractivity contribution in [3.05, 3.63) is 68.8 Å². The number of carbonyl (C=O) groups excluding carboxylic acids is 1. The van der Waals surface area contributed by atoms with E-state index in [2.05, 4.69) is 53.0 Å². The van der Waals surface area contributed by atoms with E-state index in [1.807, 2.05) is 30.3 Å². The van der Waals surface area contributed by atoms with E-state index < -0.39 is 0 Å². The lowest BCUT2D eigenvalue weighted by molar-refractivity contribution is -0.152. The fraction of sp³-hybridized carbons (Fsp3) is 0.435. The van der Waals surface area contributed by atoms with Gasteiger partial charge in [0.2, 0.25) is 0 Å². The lowest BCUT2D eigenvalue weighted by Gasteiger charge is -2.36. The van der Waals surface area contributed by atoms with Gasteiger partial charge in [0.1, 0.15) is 6.61 Å². The molecule has 0 radical (unpaired) electrons. The van der Waals surface area contributed by atoms with E-state index >= 15 is 0 Å². The van der Waals surface area contributed by atoms with Crippen LogP contribution in [-0.4, -0.2) is 18.1 Å². The summed E-state index contributed by atoms with van der Waals surface area (Å²) < 4.78 is 7.07. The summed E-state index contributed by atoms with van der Waals surface area (Å²) in [4.78, 5) is 13.1. The van der Waals surface area contributed by atoms with Crippen molar-refractivity contribution in [1.29, 1.82) is 0 Å². The van der Waals surface area contributed by atoms with E-state index in [1.165, 1.54) is 14.7 Å². The molecule has 2 aliphatic heterocycles. The Kier molecular flexibility index (Phi) is 5.83. The zero-order chi connectivity index (χ0) is 18.8. The van der Waals surface area contributed by atoms with Crippen LogP contribution in [0.25, 0.3) is 0 Å². The van der Waals surface area contributed by atoms with Gasteiger partial charge in [-0.2, -0.15) is 0 Å². The van der Waals surface area contributed by atoms with Gasteiger partial charge in [-0.15, -0.1) is 0 Å². The van der Waals surface area contributed by atoms with Crippen molar-refractivity contribution in [2.24, 2.45) is 5.92 Å². The number of hydrogen-bond donors (Lipinski definition) is 1. The number of halogens is 1. The molecular weight excluding hydrogens is 449 g/mol. The summed E-state index contributed by atoms with van der Waals surface area (Å²) in [7, 11) is 0. The second-order valence-electron chi connectivity index (χ2n) is 7.71. The minimum atomic E-state index is -0.101. The summed E-state index contributed by atoms with van der Waals surface area (Å²) in [6.07, 6.45) is 4.28. The Bertz CT molecular complexity index is 807. The van der Waals surface area contributed by atoms with Crippen LogP contribution < -0.4 is 5.32 Å². The monoisotopic (exact) mass is 475 g/mol. The molecular formula is C23H26INO2. The zero-order valence-corrected chi connectivity index (χ0v) is 17.8. The third kappa shape index (κ3) is 4.06. The summed E-state index contributed by atoms with van der Waals surface area (Å²) in [5.41, 5.74) is 3.70. The molecule has 2 aromatic rings. The maximum Gasteiger partial charge on any atom is 0.311 e. The molecule has 4 heteroatoms. The summed E-state index contributed by atoms with van der Waals surface area (Å²) in [5, 5.41) is 3.65. The van der Waals surface area contributed by atoms with Crippen molar-refractivity contribution in [2.45, 2.75) is 57.2 Å². The predicted octanol–water partition coefficient (Wildman–Crippen LogP) is 4.82. The highest BCUT2D eigenvalue weighted by molar-refractivity contribution is 14.1. The van der Waals surface area contributed by atoms with Crippen molar-refractivity contribution in [3.63, 3.8) is 0 Å². The molecule has 0 spiro atoms. The van der Waals surface area contributed by atoms with Crippen molar-refractivity contribution < 1.29 is 9.53 Å². The fourth-order valence-corrected chi connectivity index (χ4v) is 5.55. The average molecular weight is 475 g/mol. The van der Waals surface area contributed by atoms with E-state index in [0.717, 1.165) is 31.2 Å². The number of esters is 1. The number of carbonyl (C=O) groups is 1. The van der Waals surface area contributed by atoms with Gasteiger partial charge in [-0.05, 0) is 71.0 Å². The number of fused-ring (bicyclic) bond motifs is 2. The molecule has 1 N–H and O–H groups in total. The van der Waals surface area contributed by atoms with Gasteiger partial charge in [-0.3, -0.25) is 4.79 Å². The first kappa shape index (κ1) is 18.9. The Hall–Kier alpha value is -1.40. The molecule has 0 amide bonds. The topological polar surface area (TPSA) is 38.3 Å². The highest BCUT2D eigenvalue weighted by Gasteiger charge is 2.46. The quantitative estimate of drug-likeness (QED) is 0.498. The maximum absolute atomic E-state index is 13.1. The van der Waals surface area contributed by atoms with Crippen LogP contribution in [0.3, 0.4) is 0 Å². The molecule has 2 heterocycles. The number of hydrogen-bond acceptors (Lipinski definition) is 3. The van der Waals surface area contributed by atoms with Gasteiger partial charge in [0.25, 0.3) is 0 Å². The molecule has 4 rings (SSSR count). The Morgan fingerprint density at radius 2 is 2.00 bits per heavy atom. The van der Waals surface area contributed by atoms with Gasteiger partial charge >= 0.3 is 5.97 Å². The number of benzene rings is 2. The number of aryl methyl sites for hydroxylation is 1. The summed E-state index contributed by atoms with van der Waals surface area (Å²) in [6.45, 7) is 2.54. The van der Waals surface area contributed by atoms with Crippen molar-refractivity contribution in [3.8, 4) is 0 Å². The number of rotatable bonds is 5. The van der Waals surface area contributed by atoms with Crippen molar-refractivity contribution in [2.75, 3.05) is 0 Å². The molecule has 0 aromatic heterocycles. The van der Waals surface area contributed by atoms with Crippen molar-refractivity contribution in [1.82, 2.24) is 5.32 Å². The second-order valence-corrected chi connectivity index (χ2v) is 8.88. The predicted molar refractivity (Wildman–Crippen MR) is 116 cm³/mol. The van der Waals surface area contributed by atoms with Crippen LogP contribution in [-0.2, 0) is 22.6 Å². The normalized spacial score (nSPS) is 26.7. The van der Waals surface area contributed by atoms with Crippen LogP contribution in [0.5, 0.6) is 0 Å². The largest absolute Gasteiger partial charge is 0.461 e. The minimum Gasteiger partial charge on any atom is -0.461 e. The molecule has 2 saturated heterocycles. The van der Waals surface area contributed by atoms with Crippen LogP contribution >= 0.6 is 22.6 Å². The van der Waals surface area contributed by atoms with Gasteiger partial charge in [-0.1, -0.05) is 49.4 Å². The minimum absolute atomic E-state index is 0.0590. The molecule has 2 unspecified atom stereocenters. The first-order valence-corrected chi connectivity index (χ1v) is 11.0. The Morgan fingerprint density at radius 1 is 1.19 bits per heavy atom. The lowest BCUT2D eigenvalue weighted by Crippen LogP contribution is -2.48. The maximum atomic E-state index is 13.1. The number of nitrogens with one attached hydrogen (secondary N) is 1. The molecule has 2 fully saturated rings. The first-order chi connectivity index (χ1) is 13.2. The second kappa shape index (κ2) is 8.31. The summed E-state index contributed by atoms with van der Waals surface area (Å²) >= 11 is 2.43. The average Bonchev–Trinajstić information content (AvgIpc) is 3.07. The van der Waals surface area contributed by atoms with Gasteiger partial charge in [-0.25, -0.2) is 0 Å². The third-order valence-electron chi connectivity index (χ3n) is 6.06. The molecule has 142 valence electrons. The summed E-state index contributed by atoms with van der Waals surface area (Å²) in [6, 6.07) is 17.4. The van der Waals surface area contributed by atoms with E-state index in [1.54, 1.807) is 0 Å². The van der Waals surface area contributed by atoms with Crippen molar-refractivity contribution >= 4 is 28.6 Å². The Labute approximate surface area is 175 Å². The molecule has 0 aliphatic carbocycles. The zero-order valence-electron chi connectivity index (χ0n) is 15.7. The van der Waals surface area contributed by atoms with Crippen LogP contribution in [0.4, 0.5) is 0 Å². The molecule has 2 bridgehead atoms. The highest BCUT2D eigenvalue weighted by Crippen LogP contribution is 2.43. The molecule has 2 aliphatic rings. The van der Waals surface area contributed by atoms with E-state index in [0.29, 0.717) is 12.6 Å². The van der Waals surface area contributed by atoms with Gasteiger partial charge in [0, 0.05) is 21.6 Å². The standard InChI is InChI=1S/C23H26INO2/c1-2-16-8-9-17(12-20(16)24)19-13-18-10-11-21(25-18)22(19)23(26)27-14-15-6-4-3-5-7-15/h3-9,12,18-19,21-22,25H,2,10-11,13-14H2,1H3/t18-,19-,21?,22?/m1/s1. The molecule has 0 saturated carbocycles. The first-order valence-electron chi connectivity index (χ1n) is 9.90. The highest BCUT2D eigenvalue weighted by atomic mass is 127. The SMILES string of the molecule is CCc1ccc([C@H]2C[C@H]3CCC(N3)C2C(=O)OCc2ccccc2)cc1I. The number of piperidine rings is 1. The Morgan fingerprint density at radius 3 is 2.74 bits per heavy atom. The van der Waals surface area contributed by atoms with Gasteiger partial charge in [0.05, 0.1) is 5.92 Å². The van der Waals surface area contributed by atoms with Crippen LogP contribution in [0.2, 0.25) is 0 Å². The van der Waals surface area contributed by atoms with Crippen LogP contribution in [0.15, 0.2) is 48.5 Å². The Balaban J connectivity index is 1.55. The van der Waals surface area contributed by atoms with Crippen LogP contribution in [0, 0.1) is 9.49 Å².